The highest BCUT2D eigenvalue weighted by molar-refractivity contribution is 5.43. The minimum absolute atomic E-state index is 0.00992. The number of benzene rings is 2. The van der Waals surface area contributed by atoms with Crippen molar-refractivity contribution in [2.75, 3.05) is 5.73 Å². The van der Waals surface area contributed by atoms with Crippen molar-refractivity contribution >= 4 is 5.69 Å². The second-order valence-corrected chi connectivity index (χ2v) is 6.43. The number of ether oxygens (including phenoxy) is 1. The fourth-order valence-corrected chi connectivity index (χ4v) is 2.29. The third-order valence-electron chi connectivity index (χ3n) is 3.32. The molecule has 0 aliphatic rings. The zero-order valence-corrected chi connectivity index (χ0v) is 13.0. The molecule has 0 aromatic heterocycles. The van der Waals surface area contributed by atoms with E-state index in [0.717, 1.165) is 22.4 Å². The van der Waals surface area contributed by atoms with Crippen LogP contribution in [0.2, 0.25) is 0 Å². The average molecular weight is 287 g/mol. The Morgan fingerprint density at radius 2 is 1.81 bits per heavy atom. The van der Waals surface area contributed by atoms with Gasteiger partial charge < -0.3 is 10.5 Å². The number of rotatable bonds is 3. The third-order valence-corrected chi connectivity index (χ3v) is 3.32. The lowest BCUT2D eigenvalue weighted by atomic mass is 9.86. The molecule has 0 saturated carbocycles. The molecule has 2 aromatic carbocycles. The molecule has 0 saturated heterocycles. The van der Waals surface area contributed by atoms with Crippen molar-refractivity contribution in [2.24, 2.45) is 0 Å². The quantitative estimate of drug-likeness (QED) is 0.838. The van der Waals surface area contributed by atoms with E-state index in [2.05, 4.69) is 32.9 Å². The zero-order valence-electron chi connectivity index (χ0n) is 13.0. The summed E-state index contributed by atoms with van der Waals surface area (Å²) in [5.41, 5.74) is 9.06. The molecule has 112 valence electrons. The van der Waals surface area contributed by atoms with Crippen LogP contribution in [0, 0.1) is 12.7 Å². The van der Waals surface area contributed by atoms with Gasteiger partial charge in [0, 0.05) is 5.69 Å². The van der Waals surface area contributed by atoms with Gasteiger partial charge in [-0.2, -0.15) is 0 Å². The molecule has 0 fully saturated rings. The van der Waals surface area contributed by atoms with E-state index in [9.17, 15) is 4.39 Å². The van der Waals surface area contributed by atoms with Crippen LogP contribution in [0.5, 0.6) is 5.75 Å². The number of hydrogen-bond donors (Lipinski definition) is 1. The smallest absolute Gasteiger partial charge is 0.125 e. The molecular formula is C18H22FNO. The van der Waals surface area contributed by atoms with Gasteiger partial charge in [-0.1, -0.05) is 32.9 Å². The van der Waals surface area contributed by atoms with Gasteiger partial charge in [-0.25, -0.2) is 4.39 Å². The van der Waals surface area contributed by atoms with Crippen LogP contribution >= 0.6 is 0 Å². The van der Waals surface area contributed by atoms with Gasteiger partial charge >= 0.3 is 0 Å². The Kier molecular flexibility index (Phi) is 4.21. The van der Waals surface area contributed by atoms with Crippen LogP contribution in [0.4, 0.5) is 10.1 Å². The van der Waals surface area contributed by atoms with Crippen molar-refractivity contribution in [3.8, 4) is 5.75 Å². The average Bonchev–Trinajstić information content (AvgIpc) is 2.33. The molecule has 2 rings (SSSR count). The second kappa shape index (κ2) is 5.76. The fourth-order valence-electron chi connectivity index (χ4n) is 2.29. The number of anilines is 1. The van der Waals surface area contributed by atoms with Gasteiger partial charge in [0.15, 0.2) is 0 Å². The normalized spacial score (nSPS) is 11.5. The van der Waals surface area contributed by atoms with Gasteiger partial charge in [-0.3, -0.25) is 0 Å². The van der Waals surface area contributed by atoms with Gasteiger partial charge in [-0.05, 0) is 53.3 Å². The molecule has 0 spiro atoms. The van der Waals surface area contributed by atoms with Crippen LogP contribution in [0.25, 0.3) is 0 Å². The Morgan fingerprint density at radius 1 is 1.10 bits per heavy atom. The van der Waals surface area contributed by atoms with Gasteiger partial charge in [0.2, 0.25) is 0 Å². The molecule has 0 amide bonds. The summed E-state index contributed by atoms with van der Waals surface area (Å²) in [6.45, 7) is 8.76. The van der Waals surface area contributed by atoms with E-state index in [4.69, 9.17) is 10.5 Å². The lowest BCUT2D eigenvalue weighted by molar-refractivity contribution is 0.297. The number of halogens is 1. The Labute approximate surface area is 125 Å². The first kappa shape index (κ1) is 15.4. The Hall–Kier alpha value is -2.03. The molecule has 2 nitrogen and oxygen atoms in total. The summed E-state index contributed by atoms with van der Waals surface area (Å²) in [6.07, 6.45) is 0. The van der Waals surface area contributed by atoms with Crippen molar-refractivity contribution in [1.29, 1.82) is 0 Å². The number of nitrogens with two attached hydrogens (primary N) is 1. The lowest BCUT2D eigenvalue weighted by Crippen LogP contribution is -2.13. The van der Waals surface area contributed by atoms with E-state index >= 15 is 0 Å². The van der Waals surface area contributed by atoms with E-state index in [1.165, 1.54) is 12.1 Å². The van der Waals surface area contributed by atoms with Gasteiger partial charge in [0.1, 0.15) is 18.2 Å². The number of aryl methyl sites for hydroxylation is 1. The molecule has 21 heavy (non-hydrogen) atoms. The first-order valence-electron chi connectivity index (χ1n) is 7.04. The van der Waals surface area contributed by atoms with E-state index in [1.807, 2.05) is 13.0 Å². The predicted octanol–water partition coefficient (Wildman–Crippen LogP) is 4.59. The van der Waals surface area contributed by atoms with Gasteiger partial charge in [0.05, 0.1) is 0 Å². The van der Waals surface area contributed by atoms with Crippen LogP contribution in [0.15, 0.2) is 36.4 Å². The second-order valence-electron chi connectivity index (χ2n) is 6.43. The van der Waals surface area contributed by atoms with E-state index in [1.54, 1.807) is 6.07 Å². The molecule has 0 aliphatic carbocycles. The molecule has 3 heteroatoms. The summed E-state index contributed by atoms with van der Waals surface area (Å²) in [5.74, 6) is 0.499. The molecule has 0 bridgehead atoms. The fraction of sp³-hybridized carbons (Fsp3) is 0.333. The Balaban J connectivity index is 2.25. The minimum Gasteiger partial charge on any atom is -0.489 e. The molecule has 0 atom stereocenters. The van der Waals surface area contributed by atoms with Crippen LogP contribution in [0.1, 0.15) is 37.5 Å². The summed E-state index contributed by atoms with van der Waals surface area (Å²) in [6, 6.07) is 10.7. The summed E-state index contributed by atoms with van der Waals surface area (Å²) in [5, 5.41) is 0. The highest BCUT2D eigenvalue weighted by Gasteiger charge is 2.19. The maximum Gasteiger partial charge on any atom is 0.125 e. The van der Waals surface area contributed by atoms with Gasteiger partial charge in [0.25, 0.3) is 0 Å². The SMILES string of the molecule is Cc1ccc(C(C)(C)C)c(OCc2cc(N)cc(F)c2)c1. The topological polar surface area (TPSA) is 35.2 Å². The van der Waals surface area contributed by atoms with Crippen molar-refractivity contribution in [1.82, 2.24) is 0 Å². The first-order chi connectivity index (χ1) is 9.75. The van der Waals surface area contributed by atoms with Crippen LogP contribution in [0.3, 0.4) is 0 Å². The number of nitrogen functional groups attached to an aromatic ring is 1. The maximum atomic E-state index is 13.4. The maximum absolute atomic E-state index is 13.4. The van der Waals surface area contributed by atoms with Crippen molar-refractivity contribution in [3.05, 3.63) is 58.9 Å². The zero-order chi connectivity index (χ0) is 15.6. The van der Waals surface area contributed by atoms with E-state index in [0.29, 0.717) is 12.3 Å². The molecule has 2 N–H and O–H groups in total. The van der Waals surface area contributed by atoms with E-state index < -0.39 is 0 Å². The summed E-state index contributed by atoms with van der Waals surface area (Å²) < 4.78 is 19.3. The molecular weight excluding hydrogens is 265 g/mol. The molecule has 0 unspecified atom stereocenters. The minimum atomic E-state index is -0.339. The lowest BCUT2D eigenvalue weighted by Gasteiger charge is -2.23. The molecule has 0 radical (unpaired) electrons. The highest BCUT2D eigenvalue weighted by atomic mass is 19.1. The largest absolute Gasteiger partial charge is 0.489 e. The standard InChI is InChI=1S/C18H22FNO/c1-12-5-6-16(18(2,3)4)17(7-12)21-11-13-8-14(19)10-15(20)9-13/h5-10H,11,20H2,1-4H3. The Bertz CT molecular complexity index is 624. The van der Waals surface area contributed by atoms with Crippen molar-refractivity contribution in [3.63, 3.8) is 0 Å². The first-order valence-corrected chi connectivity index (χ1v) is 7.04. The highest BCUT2D eigenvalue weighted by Crippen LogP contribution is 2.32. The monoisotopic (exact) mass is 287 g/mol. The van der Waals surface area contributed by atoms with Crippen LogP contribution < -0.4 is 10.5 Å². The van der Waals surface area contributed by atoms with Crippen molar-refractivity contribution < 1.29 is 9.13 Å². The third kappa shape index (κ3) is 3.97. The Morgan fingerprint density at radius 3 is 2.43 bits per heavy atom. The van der Waals surface area contributed by atoms with Crippen LogP contribution in [-0.4, -0.2) is 0 Å². The van der Waals surface area contributed by atoms with Gasteiger partial charge in [-0.15, -0.1) is 0 Å². The summed E-state index contributed by atoms with van der Waals surface area (Å²) >= 11 is 0. The predicted molar refractivity (Wildman–Crippen MR) is 85.0 cm³/mol. The molecule has 2 aromatic rings. The molecule has 0 aliphatic heterocycles. The number of hydrogen-bond acceptors (Lipinski definition) is 2. The van der Waals surface area contributed by atoms with Crippen molar-refractivity contribution in [2.45, 2.75) is 39.7 Å². The summed E-state index contributed by atoms with van der Waals surface area (Å²) in [4.78, 5) is 0. The van der Waals surface area contributed by atoms with E-state index in [-0.39, 0.29) is 11.2 Å². The summed E-state index contributed by atoms with van der Waals surface area (Å²) in [7, 11) is 0. The molecule has 0 heterocycles. The van der Waals surface area contributed by atoms with Crippen LogP contribution in [-0.2, 0) is 12.0 Å².